The predicted molar refractivity (Wildman–Crippen MR) is 96.5 cm³/mol. The number of carbonyl (C=O) groups excluding carboxylic acids is 1. The molecule has 132 valence electrons. The zero-order valence-corrected chi connectivity index (χ0v) is 14.7. The molecule has 5 nitrogen and oxygen atoms in total. The van der Waals surface area contributed by atoms with E-state index in [2.05, 4.69) is 15.1 Å². The van der Waals surface area contributed by atoms with Crippen LogP contribution in [0.5, 0.6) is 5.75 Å². The first-order valence-electron chi connectivity index (χ1n) is 9.15. The second kappa shape index (κ2) is 8.49. The van der Waals surface area contributed by atoms with Crippen molar-refractivity contribution in [3.63, 3.8) is 0 Å². The van der Waals surface area contributed by atoms with Gasteiger partial charge >= 0.3 is 0 Å². The van der Waals surface area contributed by atoms with Crippen LogP contribution in [0.1, 0.15) is 32.1 Å². The lowest BCUT2D eigenvalue weighted by atomic mass is 10.0. The Bertz CT molecular complexity index is 543. The summed E-state index contributed by atoms with van der Waals surface area (Å²) in [6, 6.07) is 8.21. The largest absolute Gasteiger partial charge is 0.497 e. The first kappa shape index (κ1) is 17.2. The third kappa shape index (κ3) is 4.71. The highest BCUT2D eigenvalue weighted by molar-refractivity contribution is 5.91. The van der Waals surface area contributed by atoms with Gasteiger partial charge in [0.2, 0.25) is 5.91 Å². The second-order valence-corrected chi connectivity index (χ2v) is 6.87. The molecular weight excluding hydrogens is 302 g/mol. The van der Waals surface area contributed by atoms with Gasteiger partial charge < -0.3 is 15.0 Å². The number of methoxy groups -OCH3 is 1. The fraction of sp³-hybridized carbons (Fsp3) is 0.632. The van der Waals surface area contributed by atoms with Crippen molar-refractivity contribution in [3.05, 3.63) is 24.3 Å². The molecule has 2 saturated heterocycles. The van der Waals surface area contributed by atoms with Crippen molar-refractivity contribution in [3.8, 4) is 5.75 Å². The van der Waals surface area contributed by atoms with Crippen LogP contribution in [0.3, 0.4) is 0 Å². The van der Waals surface area contributed by atoms with Gasteiger partial charge in [-0.2, -0.15) is 0 Å². The number of amides is 1. The summed E-state index contributed by atoms with van der Waals surface area (Å²) >= 11 is 0. The highest BCUT2D eigenvalue weighted by Crippen LogP contribution is 2.21. The molecule has 0 aromatic heterocycles. The number of likely N-dealkylation sites (tertiary alicyclic amines) is 2. The lowest BCUT2D eigenvalue weighted by Crippen LogP contribution is -2.47. The lowest BCUT2D eigenvalue weighted by Gasteiger charge is -2.37. The quantitative estimate of drug-likeness (QED) is 0.870. The number of nitrogens with one attached hydrogen (secondary N) is 1. The van der Waals surface area contributed by atoms with Gasteiger partial charge in [0.05, 0.1) is 7.11 Å². The Labute approximate surface area is 145 Å². The van der Waals surface area contributed by atoms with Gasteiger partial charge in [-0.15, -0.1) is 0 Å². The van der Waals surface area contributed by atoms with Gasteiger partial charge in [-0.3, -0.25) is 9.69 Å². The maximum Gasteiger partial charge on any atom is 0.225 e. The van der Waals surface area contributed by atoms with Crippen molar-refractivity contribution in [1.29, 1.82) is 0 Å². The van der Waals surface area contributed by atoms with Gasteiger partial charge in [0.25, 0.3) is 0 Å². The molecule has 2 fully saturated rings. The van der Waals surface area contributed by atoms with Crippen molar-refractivity contribution in [1.82, 2.24) is 9.80 Å². The van der Waals surface area contributed by atoms with Crippen LogP contribution in [-0.4, -0.2) is 61.6 Å². The van der Waals surface area contributed by atoms with Crippen LogP contribution in [0.2, 0.25) is 0 Å². The van der Waals surface area contributed by atoms with E-state index in [0.717, 1.165) is 31.1 Å². The fourth-order valence-corrected chi connectivity index (χ4v) is 3.82. The Hall–Kier alpha value is -1.59. The van der Waals surface area contributed by atoms with Crippen LogP contribution in [0.4, 0.5) is 5.69 Å². The monoisotopic (exact) mass is 331 g/mol. The molecule has 0 radical (unpaired) electrons. The fourth-order valence-electron chi connectivity index (χ4n) is 3.82. The van der Waals surface area contributed by atoms with Gasteiger partial charge in [-0.25, -0.2) is 0 Å². The molecule has 3 rings (SSSR count). The SMILES string of the molecule is COc1cccc(NC(=O)CCN2CCC[C@@H](N3CCCC3)C2)c1. The molecule has 1 N–H and O–H groups in total. The summed E-state index contributed by atoms with van der Waals surface area (Å²) in [6.45, 7) is 5.60. The molecule has 1 aromatic rings. The van der Waals surface area contributed by atoms with Crippen molar-refractivity contribution >= 4 is 11.6 Å². The molecule has 2 aliphatic rings. The number of hydrogen-bond acceptors (Lipinski definition) is 4. The Kier molecular flexibility index (Phi) is 6.10. The van der Waals surface area contributed by atoms with E-state index in [1.165, 1.54) is 38.8 Å². The van der Waals surface area contributed by atoms with Crippen LogP contribution < -0.4 is 10.1 Å². The molecule has 24 heavy (non-hydrogen) atoms. The number of hydrogen-bond donors (Lipinski definition) is 1. The summed E-state index contributed by atoms with van der Waals surface area (Å²) < 4.78 is 5.19. The van der Waals surface area contributed by atoms with Crippen LogP contribution >= 0.6 is 0 Å². The lowest BCUT2D eigenvalue weighted by molar-refractivity contribution is -0.116. The molecule has 0 unspecified atom stereocenters. The summed E-state index contributed by atoms with van der Waals surface area (Å²) in [5.41, 5.74) is 0.799. The predicted octanol–water partition coefficient (Wildman–Crippen LogP) is 2.58. The zero-order valence-electron chi connectivity index (χ0n) is 14.7. The van der Waals surface area contributed by atoms with Gasteiger partial charge in [-0.05, 0) is 57.5 Å². The number of nitrogens with zero attached hydrogens (tertiary/aromatic N) is 2. The Morgan fingerprint density at radius 2 is 2.08 bits per heavy atom. The van der Waals surface area contributed by atoms with E-state index in [9.17, 15) is 4.79 Å². The van der Waals surface area contributed by atoms with Gasteiger partial charge in [0.1, 0.15) is 5.75 Å². The second-order valence-electron chi connectivity index (χ2n) is 6.87. The van der Waals surface area contributed by atoms with E-state index >= 15 is 0 Å². The number of piperidine rings is 1. The molecule has 5 heteroatoms. The van der Waals surface area contributed by atoms with Gasteiger partial charge in [0.15, 0.2) is 0 Å². The summed E-state index contributed by atoms with van der Waals surface area (Å²) in [4.78, 5) is 17.3. The average Bonchev–Trinajstić information content (AvgIpc) is 3.15. The first-order chi connectivity index (χ1) is 11.7. The number of carbonyl (C=O) groups is 1. The highest BCUT2D eigenvalue weighted by Gasteiger charge is 2.27. The van der Waals surface area contributed by atoms with Crippen LogP contribution in [0, 0.1) is 0 Å². The van der Waals surface area contributed by atoms with Crippen molar-refractivity contribution < 1.29 is 9.53 Å². The minimum absolute atomic E-state index is 0.0755. The highest BCUT2D eigenvalue weighted by atomic mass is 16.5. The summed E-state index contributed by atoms with van der Waals surface area (Å²) in [6.07, 6.45) is 5.80. The summed E-state index contributed by atoms with van der Waals surface area (Å²) in [5, 5.41) is 2.97. The Balaban J connectivity index is 1.43. The number of ether oxygens (including phenoxy) is 1. The van der Waals surface area contributed by atoms with Gasteiger partial charge in [0, 0.05) is 37.3 Å². The van der Waals surface area contributed by atoms with E-state index in [0.29, 0.717) is 12.5 Å². The molecule has 2 aliphatic heterocycles. The first-order valence-corrected chi connectivity index (χ1v) is 9.15. The van der Waals surface area contributed by atoms with E-state index in [4.69, 9.17) is 4.74 Å². The van der Waals surface area contributed by atoms with Crippen LogP contribution in [-0.2, 0) is 4.79 Å². The summed E-state index contributed by atoms with van der Waals surface area (Å²) in [5.74, 6) is 0.837. The minimum atomic E-state index is 0.0755. The molecule has 0 aliphatic carbocycles. The Morgan fingerprint density at radius 1 is 1.25 bits per heavy atom. The molecule has 2 heterocycles. The van der Waals surface area contributed by atoms with Gasteiger partial charge in [-0.1, -0.05) is 6.07 Å². The van der Waals surface area contributed by atoms with E-state index < -0.39 is 0 Å². The normalized spacial score (nSPS) is 22.5. The van der Waals surface area contributed by atoms with E-state index in [1.54, 1.807) is 7.11 Å². The third-order valence-electron chi connectivity index (χ3n) is 5.15. The molecule has 0 saturated carbocycles. The molecule has 1 aromatic carbocycles. The number of anilines is 1. The van der Waals surface area contributed by atoms with E-state index in [1.807, 2.05) is 24.3 Å². The smallest absolute Gasteiger partial charge is 0.225 e. The molecule has 1 atom stereocenters. The maximum absolute atomic E-state index is 12.2. The maximum atomic E-state index is 12.2. The zero-order chi connectivity index (χ0) is 16.8. The van der Waals surface area contributed by atoms with E-state index in [-0.39, 0.29) is 5.91 Å². The Morgan fingerprint density at radius 3 is 2.88 bits per heavy atom. The molecular formula is C19H29N3O2. The average molecular weight is 331 g/mol. The topological polar surface area (TPSA) is 44.8 Å². The number of rotatable bonds is 6. The van der Waals surface area contributed by atoms with Crippen LogP contribution in [0.15, 0.2) is 24.3 Å². The molecule has 0 spiro atoms. The van der Waals surface area contributed by atoms with Crippen molar-refractivity contribution in [2.24, 2.45) is 0 Å². The molecule has 0 bridgehead atoms. The van der Waals surface area contributed by atoms with Crippen LogP contribution in [0.25, 0.3) is 0 Å². The minimum Gasteiger partial charge on any atom is -0.497 e. The van der Waals surface area contributed by atoms with Crippen molar-refractivity contribution in [2.45, 2.75) is 38.1 Å². The van der Waals surface area contributed by atoms with Crippen molar-refractivity contribution in [2.75, 3.05) is 45.2 Å². The third-order valence-corrected chi connectivity index (χ3v) is 5.15. The summed E-state index contributed by atoms with van der Waals surface area (Å²) in [7, 11) is 1.63. The standard InChI is InChI=1S/C19H29N3O2/c1-24-18-8-4-6-16(14-18)20-19(23)9-13-21-10-5-7-17(15-21)22-11-2-3-12-22/h4,6,8,14,17H,2-3,5,7,9-13,15H2,1H3,(H,20,23)/t17-/m1/s1. The molecule has 1 amide bonds. The number of benzene rings is 1.